The largest absolute Gasteiger partial charge is 0.462 e. The fourth-order valence-corrected chi connectivity index (χ4v) is 0.982. The molecule has 0 aromatic carbocycles. The van der Waals surface area contributed by atoms with Crippen molar-refractivity contribution in [2.45, 2.75) is 38.9 Å². The summed E-state index contributed by atoms with van der Waals surface area (Å²) in [5.74, 6) is -0.319. The van der Waals surface area contributed by atoms with E-state index in [-0.39, 0.29) is 17.2 Å². The van der Waals surface area contributed by atoms with E-state index in [0.717, 1.165) is 12.8 Å². The molecule has 0 aromatic rings. The Balaban J connectivity index is 3.51. The molecule has 0 fully saturated rings. The second kappa shape index (κ2) is 7.15. The van der Waals surface area contributed by atoms with Gasteiger partial charge in [-0.05, 0) is 19.8 Å². The molecule has 0 rings (SSSR count). The van der Waals surface area contributed by atoms with Gasteiger partial charge in [-0.1, -0.05) is 20.4 Å². The van der Waals surface area contributed by atoms with Crippen molar-refractivity contribution >= 4 is 19.7 Å². The van der Waals surface area contributed by atoms with Gasteiger partial charge in [0.1, 0.15) is 7.85 Å². The first kappa shape index (κ1) is 15.7. The predicted octanol–water partition coefficient (Wildman–Crippen LogP) is 0.834. The number of hydrogen-bond donors (Lipinski definition) is 1. The van der Waals surface area contributed by atoms with Crippen LogP contribution in [0.4, 0.5) is 0 Å². The van der Waals surface area contributed by atoms with E-state index in [2.05, 4.69) is 11.9 Å². The maximum absolute atomic E-state index is 11.5. The van der Waals surface area contributed by atoms with Gasteiger partial charge in [-0.25, -0.2) is 4.79 Å². The summed E-state index contributed by atoms with van der Waals surface area (Å²) in [5.41, 5.74) is 0.408. The van der Waals surface area contributed by atoms with E-state index in [0.29, 0.717) is 18.7 Å². The first-order valence-electron chi connectivity index (χ1n) is 5.86. The SMILES string of the molecule is BC(C)(C)C(=O)NCCCCOC(=O)C(=C)C. The number of carbonyl (C=O) groups is 2. The van der Waals surface area contributed by atoms with E-state index in [1.54, 1.807) is 6.92 Å². The van der Waals surface area contributed by atoms with Crippen molar-refractivity contribution in [2.24, 2.45) is 0 Å². The summed E-state index contributed by atoms with van der Waals surface area (Å²) in [6.45, 7) is 9.83. The molecule has 0 aromatic heterocycles. The second-order valence-corrected chi connectivity index (χ2v) is 5.13. The zero-order valence-corrected chi connectivity index (χ0v) is 11.3. The van der Waals surface area contributed by atoms with Crippen LogP contribution >= 0.6 is 0 Å². The molecule has 0 heterocycles. The van der Waals surface area contributed by atoms with Crippen LogP contribution in [0.5, 0.6) is 0 Å². The summed E-state index contributed by atoms with van der Waals surface area (Å²) in [4.78, 5) is 22.5. The van der Waals surface area contributed by atoms with Gasteiger partial charge in [0.2, 0.25) is 5.91 Å². The van der Waals surface area contributed by atoms with E-state index in [1.807, 2.05) is 21.7 Å². The Bertz CT molecular complexity index is 295. The summed E-state index contributed by atoms with van der Waals surface area (Å²) in [6.07, 6.45) is 1.54. The fraction of sp³-hybridized carbons (Fsp3) is 0.667. The van der Waals surface area contributed by atoms with Crippen molar-refractivity contribution in [1.29, 1.82) is 0 Å². The third-order valence-corrected chi connectivity index (χ3v) is 2.12. The normalized spacial score (nSPS) is 10.8. The zero-order valence-electron chi connectivity index (χ0n) is 11.3. The number of ether oxygens (including phenoxy) is 1. The third kappa shape index (κ3) is 7.61. The van der Waals surface area contributed by atoms with E-state index in [4.69, 9.17) is 4.74 Å². The molecule has 0 aliphatic heterocycles. The minimum Gasteiger partial charge on any atom is -0.462 e. The van der Waals surface area contributed by atoms with Gasteiger partial charge in [0.05, 0.1) is 6.61 Å². The molecule has 5 heteroatoms. The van der Waals surface area contributed by atoms with Crippen LogP contribution < -0.4 is 5.32 Å². The number of rotatable bonds is 7. The van der Waals surface area contributed by atoms with Gasteiger partial charge < -0.3 is 10.1 Å². The maximum Gasteiger partial charge on any atom is 0.333 e. The molecule has 4 nitrogen and oxygen atoms in total. The number of amides is 1. The fourth-order valence-electron chi connectivity index (χ4n) is 0.982. The van der Waals surface area contributed by atoms with Crippen molar-refractivity contribution in [3.63, 3.8) is 0 Å². The third-order valence-electron chi connectivity index (χ3n) is 2.12. The van der Waals surface area contributed by atoms with Crippen LogP contribution in [0.1, 0.15) is 33.6 Å². The summed E-state index contributed by atoms with van der Waals surface area (Å²) in [5, 5.41) is 2.48. The first-order chi connectivity index (χ1) is 7.75. The average Bonchev–Trinajstić information content (AvgIpc) is 2.20. The second-order valence-electron chi connectivity index (χ2n) is 5.13. The molecular weight excluding hydrogens is 217 g/mol. The minimum atomic E-state index is -0.358. The molecule has 0 saturated heterocycles. The van der Waals surface area contributed by atoms with Crippen LogP contribution in [-0.4, -0.2) is 32.9 Å². The van der Waals surface area contributed by atoms with E-state index >= 15 is 0 Å². The van der Waals surface area contributed by atoms with Crippen LogP contribution in [0.3, 0.4) is 0 Å². The summed E-state index contributed by atoms with van der Waals surface area (Å²) < 4.78 is 4.93. The lowest BCUT2D eigenvalue weighted by Gasteiger charge is -2.17. The van der Waals surface area contributed by atoms with Crippen LogP contribution in [0.15, 0.2) is 12.2 Å². The Morgan fingerprint density at radius 2 is 1.94 bits per heavy atom. The Kier molecular flexibility index (Phi) is 6.62. The molecule has 1 amide bonds. The summed E-state index contributed by atoms with van der Waals surface area (Å²) in [7, 11) is 1.87. The highest BCUT2D eigenvalue weighted by molar-refractivity contribution is 6.27. The van der Waals surface area contributed by atoms with Gasteiger partial charge in [0.15, 0.2) is 0 Å². The van der Waals surface area contributed by atoms with E-state index < -0.39 is 0 Å². The van der Waals surface area contributed by atoms with Crippen LogP contribution in [0.2, 0.25) is 5.31 Å². The number of carbonyl (C=O) groups excluding carboxylic acids is 2. The van der Waals surface area contributed by atoms with Gasteiger partial charge in [-0.3, -0.25) is 4.79 Å². The van der Waals surface area contributed by atoms with Crippen molar-refractivity contribution in [3.05, 3.63) is 12.2 Å². The first-order valence-corrected chi connectivity index (χ1v) is 5.86. The summed E-state index contributed by atoms with van der Waals surface area (Å²) >= 11 is 0. The molecule has 17 heavy (non-hydrogen) atoms. The highest BCUT2D eigenvalue weighted by Gasteiger charge is 2.20. The topological polar surface area (TPSA) is 55.4 Å². The molecule has 0 bridgehead atoms. The molecule has 0 aliphatic rings. The minimum absolute atomic E-state index is 0.0384. The molecule has 0 spiro atoms. The number of unbranched alkanes of at least 4 members (excludes halogenated alkanes) is 1. The van der Waals surface area contributed by atoms with Gasteiger partial charge in [-0.2, -0.15) is 0 Å². The van der Waals surface area contributed by atoms with Gasteiger partial charge in [-0.15, -0.1) is 0 Å². The highest BCUT2D eigenvalue weighted by Crippen LogP contribution is 2.17. The molecule has 1 N–H and O–H groups in total. The number of nitrogens with one attached hydrogen (secondary N) is 1. The van der Waals surface area contributed by atoms with Gasteiger partial charge in [0.25, 0.3) is 0 Å². The van der Waals surface area contributed by atoms with Crippen molar-refractivity contribution < 1.29 is 14.3 Å². The lowest BCUT2D eigenvalue weighted by Crippen LogP contribution is -2.33. The monoisotopic (exact) mass is 239 g/mol. The number of hydrogen-bond acceptors (Lipinski definition) is 3. The molecule has 96 valence electrons. The van der Waals surface area contributed by atoms with Crippen LogP contribution in [0.25, 0.3) is 0 Å². The van der Waals surface area contributed by atoms with Gasteiger partial charge in [0, 0.05) is 17.4 Å². The van der Waals surface area contributed by atoms with Crippen LogP contribution in [0, 0.1) is 0 Å². The molecule has 0 aliphatic carbocycles. The molecule has 0 radical (unpaired) electrons. The quantitative estimate of drug-likeness (QED) is 0.310. The van der Waals surface area contributed by atoms with Crippen molar-refractivity contribution in [3.8, 4) is 0 Å². The van der Waals surface area contributed by atoms with E-state index in [9.17, 15) is 9.59 Å². The maximum atomic E-state index is 11.5. The standard InChI is InChI=1S/C12H22BNO3/c1-9(2)10(15)17-8-6-5-7-14-11(16)12(3,4)13/h1,5-8,13H2,2-4H3,(H,14,16). The van der Waals surface area contributed by atoms with Crippen LogP contribution in [-0.2, 0) is 14.3 Å². The molecule has 0 atom stereocenters. The summed E-state index contributed by atoms with van der Waals surface area (Å²) in [6, 6.07) is 0. The molecule has 0 unspecified atom stereocenters. The highest BCUT2D eigenvalue weighted by atomic mass is 16.5. The number of esters is 1. The van der Waals surface area contributed by atoms with Gasteiger partial charge >= 0.3 is 5.97 Å². The Labute approximate surface area is 104 Å². The lowest BCUT2D eigenvalue weighted by molar-refractivity contribution is -0.139. The smallest absolute Gasteiger partial charge is 0.333 e. The Hall–Kier alpha value is -1.26. The molecule has 0 saturated carbocycles. The van der Waals surface area contributed by atoms with Crippen molar-refractivity contribution in [2.75, 3.05) is 13.2 Å². The lowest BCUT2D eigenvalue weighted by atomic mass is 9.72. The van der Waals surface area contributed by atoms with E-state index in [1.165, 1.54) is 0 Å². The Morgan fingerprint density at radius 3 is 2.41 bits per heavy atom. The average molecular weight is 239 g/mol. The predicted molar refractivity (Wildman–Crippen MR) is 70.6 cm³/mol. The Morgan fingerprint density at radius 1 is 1.35 bits per heavy atom. The zero-order chi connectivity index (χ0) is 13.5. The molecular formula is C12H22BNO3. The van der Waals surface area contributed by atoms with Crippen molar-refractivity contribution in [1.82, 2.24) is 5.32 Å².